The Labute approximate surface area is 85.6 Å². The Kier molecular flexibility index (Phi) is 2.08. The van der Waals surface area contributed by atoms with E-state index in [1.54, 1.807) is 0 Å². The fraction of sp³-hybridized carbons (Fsp3) is 1.00. The van der Waals surface area contributed by atoms with Crippen molar-refractivity contribution in [3.05, 3.63) is 0 Å². The van der Waals surface area contributed by atoms with Crippen LogP contribution in [0.2, 0.25) is 0 Å². The van der Waals surface area contributed by atoms with E-state index < -0.39 is 0 Å². The van der Waals surface area contributed by atoms with E-state index in [0.29, 0.717) is 11.6 Å². The lowest BCUT2D eigenvalue weighted by Gasteiger charge is -2.52. The third-order valence-corrected chi connectivity index (χ3v) is 4.19. The largest absolute Gasteiger partial charge is 0.375 e. The molecule has 0 radical (unpaired) electrons. The van der Waals surface area contributed by atoms with E-state index in [1.165, 1.54) is 32.1 Å². The Morgan fingerprint density at radius 2 is 2.07 bits per heavy atom. The standard InChI is InChI=1S/C11H20N2O/c12-9-7-13(8-9)10-2-5-14-11(6-10)3-1-4-11/h9-10H,1-8,12H2. The van der Waals surface area contributed by atoms with Crippen LogP contribution in [0.25, 0.3) is 0 Å². The van der Waals surface area contributed by atoms with Gasteiger partial charge in [-0.15, -0.1) is 0 Å². The maximum Gasteiger partial charge on any atom is 0.0697 e. The first-order chi connectivity index (χ1) is 6.77. The van der Waals surface area contributed by atoms with Gasteiger partial charge >= 0.3 is 0 Å². The summed E-state index contributed by atoms with van der Waals surface area (Å²) in [5.41, 5.74) is 6.11. The minimum absolute atomic E-state index is 0.294. The van der Waals surface area contributed by atoms with E-state index in [0.717, 1.165) is 25.7 Å². The molecule has 1 saturated carbocycles. The summed E-state index contributed by atoms with van der Waals surface area (Å²) in [7, 11) is 0. The second-order valence-electron chi connectivity index (χ2n) is 5.25. The van der Waals surface area contributed by atoms with Crippen molar-refractivity contribution in [3.8, 4) is 0 Å². The van der Waals surface area contributed by atoms with Crippen molar-refractivity contribution in [2.75, 3.05) is 19.7 Å². The molecule has 1 unspecified atom stereocenters. The number of hydrogen-bond donors (Lipinski definition) is 1. The van der Waals surface area contributed by atoms with E-state index in [-0.39, 0.29) is 0 Å². The van der Waals surface area contributed by atoms with Crippen LogP contribution in [0, 0.1) is 0 Å². The number of rotatable bonds is 1. The van der Waals surface area contributed by atoms with Crippen LogP contribution in [0.1, 0.15) is 32.1 Å². The first-order valence-electron chi connectivity index (χ1n) is 5.91. The van der Waals surface area contributed by atoms with Crippen LogP contribution >= 0.6 is 0 Å². The van der Waals surface area contributed by atoms with Crippen molar-refractivity contribution >= 4 is 0 Å². The fourth-order valence-corrected chi connectivity index (χ4v) is 3.08. The summed E-state index contributed by atoms with van der Waals surface area (Å²) in [6, 6.07) is 1.21. The minimum atomic E-state index is 0.294. The maximum absolute atomic E-state index is 5.92. The Balaban J connectivity index is 1.59. The van der Waals surface area contributed by atoms with Gasteiger partial charge in [0.15, 0.2) is 0 Å². The molecule has 3 heteroatoms. The van der Waals surface area contributed by atoms with E-state index in [4.69, 9.17) is 10.5 Å². The van der Waals surface area contributed by atoms with Gasteiger partial charge in [-0.2, -0.15) is 0 Å². The van der Waals surface area contributed by atoms with Gasteiger partial charge in [-0.05, 0) is 32.1 Å². The molecule has 3 fully saturated rings. The number of likely N-dealkylation sites (tertiary alicyclic amines) is 1. The number of ether oxygens (including phenoxy) is 1. The van der Waals surface area contributed by atoms with Crippen molar-refractivity contribution in [3.63, 3.8) is 0 Å². The molecular formula is C11H20N2O. The van der Waals surface area contributed by atoms with Crippen LogP contribution < -0.4 is 5.73 Å². The molecule has 0 bridgehead atoms. The predicted molar refractivity (Wildman–Crippen MR) is 55.1 cm³/mol. The molecule has 1 atom stereocenters. The highest BCUT2D eigenvalue weighted by molar-refractivity contribution is 4.99. The zero-order valence-electron chi connectivity index (χ0n) is 8.74. The van der Waals surface area contributed by atoms with Gasteiger partial charge in [-0.1, -0.05) is 0 Å². The molecule has 0 aromatic heterocycles. The third-order valence-electron chi connectivity index (χ3n) is 4.19. The van der Waals surface area contributed by atoms with Gasteiger partial charge in [0, 0.05) is 31.8 Å². The summed E-state index contributed by atoms with van der Waals surface area (Å²) < 4.78 is 5.92. The molecule has 2 heterocycles. The Morgan fingerprint density at radius 3 is 2.64 bits per heavy atom. The molecule has 80 valence electrons. The van der Waals surface area contributed by atoms with E-state index in [2.05, 4.69) is 4.90 Å². The van der Waals surface area contributed by atoms with E-state index >= 15 is 0 Å². The number of hydrogen-bond acceptors (Lipinski definition) is 3. The number of nitrogens with zero attached hydrogens (tertiary/aromatic N) is 1. The van der Waals surface area contributed by atoms with Gasteiger partial charge < -0.3 is 10.5 Å². The Morgan fingerprint density at radius 1 is 1.29 bits per heavy atom. The average Bonchev–Trinajstić information content (AvgIpc) is 2.11. The minimum Gasteiger partial charge on any atom is -0.375 e. The molecule has 0 amide bonds. The lowest BCUT2D eigenvalue weighted by molar-refractivity contribution is -0.154. The highest BCUT2D eigenvalue weighted by Crippen LogP contribution is 2.43. The van der Waals surface area contributed by atoms with Gasteiger partial charge in [0.2, 0.25) is 0 Å². The molecule has 0 aromatic rings. The molecule has 2 saturated heterocycles. The van der Waals surface area contributed by atoms with E-state index in [9.17, 15) is 0 Å². The molecular weight excluding hydrogens is 176 g/mol. The van der Waals surface area contributed by atoms with Crippen LogP contribution in [0.4, 0.5) is 0 Å². The highest BCUT2D eigenvalue weighted by atomic mass is 16.5. The van der Waals surface area contributed by atoms with Crippen LogP contribution in [-0.2, 0) is 4.74 Å². The normalized spacial score (nSPS) is 37.9. The van der Waals surface area contributed by atoms with Crippen molar-refractivity contribution in [1.29, 1.82) is 0 Å². The summed E-state index contributed by atoms with van der Waals surface area (Å²) in [6.07, 6.45) is 6.44. The first-order valence-corrected chi connectivity index (χ1v) is 5.91. The lowest BCUT2D eigenvalue weighted by atomic mass is 9.73. The van der Waals surface area contributed by atoms with Crippen LogP contribution in [0.5, 0.6) is 0 Å². The topological polar surface area (TPSA) is 38.5 Å². The van der Waals surface area contributed by atoms with Gasteiger partial charge in [0.25, 0.3) is 0 Å². The third kappa shape index (κ3) is 1.38. The van der Waals surface area contributed by atoms with Gasteiger partial charge in [-0.25, -0.2) is 0 Å². The van der Waals surface area contributed by atoms with Crippen LogP contribution in [0.3, 0.4) is 0 Å². The SMILES string of the molecule is NC1CN(C2CCOC3(CCC3)C2)C1. The van der Waals surface area contributed by atoms with Gasteiger partial charge in [-0.3, -0.25) is 4.90 Å². The maximum atomic E-state index is 5.92. The van der Waals surface area contributed by atoms with Gasteiger partial charge in [0.1, 0.15) is 0 Å². The Hall–Kier alpha value is -0.120. The molecule has 0 aromatic carbocycles. The van der Waals surface area contributed by atoms with Gasteiger partial charge in [0.05, 0.1) is 5.60 Å². The fourth-order valence-electron chi connectivity index (χ4n) is 3.08. The molecule has 2 N–H and O–H groups in total. The van der Waals surface area contributed by atoms with E-state index in [1.807, 2.05) is 0 Å². The molecule has 3 rings (SSSR count). The average molecular weight is 196 g/mol. The summed E-state index contributed by atoms with van der Waals surface area (Å²) in [5.74, 6) is 0. The molecule has 3 aliphatic rings. The van der Waals surface area contributed by atoms with Crippen LogP contribution in [0.15, 0.2) is 0 Å². The molecule has 1 spiro atoms. The monoisotopic (exact) mass is 196 g/mol. The molecule has 1 aliphatic carbocycles. The second kappa shape index (κ2) is 3.19. The quantitative estimate of drug-likeness (QED) is 0.672. The summed E-state index contributed by atoms with van der Waals surface area (Å²) in [6.45, 7) is 3.19. The molecule has 2 aliphatic heterocycles. The zero-order valence-corrected chi connectivity index (χ0v) is 8.74. The summed E-state index contributed by atoms with van der Waals surface area (Å²) in [4.78, 5) is 2.55. The second-order valence-corrected chi connectivity index (χ2v) is 5.25. The summed E-state index contributed by atoms with van der Waals surface area (Å²) in [5, 5.41) is 0. The first kappa shape index (κ1) is 9.13. The van der Waals surface area contributed by atoms with Crippen molar-refractivity contribution in [2.24, 2.45) is 5.73 Å². The van der Waals surface area contributed by atoms with Crippen molar-refractivity contribution in [2.45, 2.75) is 49.8 Å². The van der Waals surface area contributed by atoms with Crippen LogP contribution in [-0.4, -0.2) is 42.3 Å². The smallest absolute Gasteiger partial charge is 0.0697 e. The van der Waals surface area contributed by atoms with Crippen molar-refractivity contribution in [1.82, 2.24) is 4.90 Å². The molecule has 3 nitrogen and oxygen atoms in total. The predicted octanol–water partition coefficient (Wildman–Crippen LogP) is 0.731. The van der Waals surface area contributed by atoms with Crippen molar-refractivity contribution < 1.29 is 4.74 Å². The zero-order chi connectivity index (χ0) is 9.60. The Bertz CT molecular complexity index is 221. The summed E-state index contributed by atoms with van der Waals surface area (Å²) >= 11 is 0. The molecule has 14 heavy (non-hydrogen) atoms. The number of nitrogens with two attached hydrogens (primary N) is 1. The highest BCUT2D eigenvalue weighted by Gasteiger charge is 2.45. The lowest BCUT2D eigenvalue weighted by Crippen LogP contribution is -2.62.